The van der Waals surface area contributed by atoms with Crippen LogP contribution in [0.2, 0.25) is 0 Å². The number of esters is 1. The molecule has 0 radical (unpaired) electrons. The Balaban J connectivity index is 1.99. The minimum atomic E-state index is -5.02. The van der Waals surface area contributed by atoms with Gasteiger partial charge in [0.1, 0.15) is 6.10 Å². The van der Waals surface area contributed by atoms with Gasteiger partial charge in [0.15, 0.2) is 6.10 Å². The molecule has 0 bridgehead atoms. The van der Waals surface area contributed by atoms with Gasteiger partial charge in [0.05, 0.1) is 6.10 Å². The summed E-state index contributed by atoms with van der Waals surface area (Å²) in [4.78, 5) is 12.8. The highest BCUT2D eigenvalue weighted by molar-refractivity contribution is 5.83. The molecule has 0 aliphatic carbocycles. The molecule has 4 atom stereocenters. The average molecular weight is 380 g/mol. The van der Waals surface area contributed by atoms with Gasteiger partial charge in [-0.2, -0.15) is 13.2 Å². The van der Waals surface area contributed by atoms with Gasteiger partial charge in [-0.15, -0.1) is 0 Å². The van der Waals surface area contributed by atoms with Gasteiger partial charge in [0.25, 0.3) is 5.60 Å². The molecule has 1 aliphatic rings. The second kappa shape index (κ2) is 7.32. The van der Waals surface area contributed by atoms with E-state index in [0.717, 1.165) is 7.11 Å². The van der Waals surface area contributed by atoms with Gasteiger partial charge in [-0.1, -0.05) is 60.7 Å². The zero-order chi connectivity index (χ0) is 19.7. The summed E-state index contributed by atoms with van der Waals surface area (Å²) < 4.78 is 57.5. The van der Waals surface area contributed by atoms with Crippen LogP contribution in [0.25, 0.3) is 0 Å². The summed E-state index contributed by atoms with van der Waals surface area (Å²) in [5.74, 6) is -1.53. The van der Waals surface area contributed by atoms with Crippen LogP contribution in [-0.4, -0.2) is 31.5 Å². The fraction of sp³-hybridized carbons (Fsp3) is 0.350. The van der Waals surface area contributed by atoms with Crippen molar-refractivity contribution >= 4 is 5.97 Å². The molecule has 0 aromatic heterocycles. The second-order valence-electron chi connectivity index (χ2n) is 6.29. The highest BCUT2D eigenvalue weighted by Gasteiger charge is 2.65. The van der Waals surface area contributed by atoms with Gasteiger partial charge >= 0.3 is 12.1 Å². The molecule has 2 aromatic carbocycles. The van der Waals surface area contributed by atoms with E-state index in [1.165, 1.54) is 24.3 Å². The maximum atomic E-state index is 14.0. The van der Waals surface area contributed by atoms with Crippen LogP contribution in [0.3, 0.4) is 0 Å². The van der Waals surface area contributed by atoms with E-state index in [4.69, 9.17) is 14.2 Å². The smallest absolute Gasteiger partial charge is 0.432 e. The Morgan fingerprint density at radius 1 is 1.04 bits per heavy atom. The quantitative estimate of drug-likeness (QED) is 0.558. The zero-order valence-corrected chi connectivity index (χ0v) is 14.8. The van der Waals surface area contributed by atoms with Crippen LogP contribution < -0.4 is 0 Å². The summed E-state index contributed by atoms with van der Waals surface area (Å²) in [6.45, 7) is 1.76. The largest absolute Gasteiger partial charge is 0.452 e. The fourth-order valence-corrected chi connectivity index (χ4v) is 3.07. The lowest BCUT2D eigenvalue weighted by molar-refractivity contribution is -0.278. The Labute approximate surface area is 154 Å². The minimum absolute atomic E-state index is 0.220. The number of rotatable bonds is 6. The molecule has 2 aromatic rings. The Morgan fingerprint density at radius 3 is 2.00 bits per heavy atom. The summed E-state index contributed by atoms with van der Waals surface area (Å²) in [6, 6.07) is 15.3. The number of methoxy groups -OCH3 is 1. The maximum Gasteiger partial charge on any atom is 0.432 e. The Bertz CT molecular complexity index is 779. The van der Waals surface area contributed by atoms with Crippen LogP contribution in [-0.2, 0) is 24.6 Å². The van der Waals surface area contributed by atoms with Gasteiger partial charge in [-0.25, -0.2) is 4.79 Å². The van der Waals surface area contributed by atoms with E-state index >= 15 is 0 Å². The molecule has 0 N–H and O–H groups in total. The van der Waals surface area contributed by atoms with E-state index in [2.05, 4.69) is 0 Å². The molecule has 1 aliphatic heterocycles. The normalized spacial score (nSPS) is 22.6. The molecule has 3 rings (SSSR count). The lowest BCUT2D eigenvalue weighted by Gasteiger charge is -2.33. The van der Waals surface area contributed by atoms with Crippen molar-refractivity contribution in [2.45, 2.75) is 37.0 Å². The third kappa shape index (κ3) is 3.57. The third-order valence-corrected chi connectivity index (χ3v) is 4.59. The molecule has 0 spiro atoms. The number of ether oxygens (including phenoxy) is 3. The first kappa shape index (κ1) is 19.4. The molecule has 0 amide bonds. The van der Waals surface area contributed by atoms with Gasteiger partial charge in [-0.3, -0.25) is 0 Å². The molecule has 1 fully saturated rings. The first-order valence-corrected chi connectivity index (χ1v) is 8.40. The lowest BCUT2D eigenvalue weighted by atomic mass is 9.92. The van der Waals surface area contributed by atoms with Crippen molar-refractivity contribution in [1.82, 2.24) is 0 Å². The van der Waals surface area contributed by atoms with Crippen LogP contribution >= 0.6 is 0 Å². The first-order valence-electron chi connectivity index (χ1n) is 8.40. The topological polar surface area (TPSA) is 48.1 Å². The lowest BCUT2D eigenvalue weighted by Crippen LogP contribution is -2.52. The van der Waals surface area contributed by atoms with E-state index in [1.807, 2.05) is 0 Å². The Hall–Kier alpha value is -2.38. The van der Waals surface area contributed by atoms with Crippen molar-refractivity contribution in [2.75, 3.05) is 7.11 Å². The maximum absolute atomic E-state index is 14.0. The average Bonchev–Trinajstić information content (AvgIpc) is 3.37. The molecule has 7 heteroatoms. The number of hydrogen-bond donors (Lipinski definition) is 0. The van der Waals surface area contributed by atoms with E-state index in [-0.39, 0.29) is 11.7 Å². The molecule has 1 unspecified atom stereocenters. The van der Waals surface area contributed by atoms with Crippen LogP contribution in [0.4, 0.5) is 13.2 Å². The number of epoxide rings is 1. The van der Waals surface area contributed by atoms with Gasteiger partial charge < -0.3 is 14.2 Å². The molecule has 0 saturated carbocycles. The predicted molar refractivity (Wildman–Crippen MR) is 90.8 cm³/mol. The molecule has 144 valence electrons. The standard InChI is InChI=1S/C20H19F3O4/c1-13-16(26-13)17(14-9-5-3-6-10-14)27-18(24)19(25-2,20(21,22)23)15-11-7-4-8-12-15/h3-13,16-17H,1-2H3/t13-,16+,17?,19+/m0/s1. The molecule has 1 heterocycles. The molecule has 27 heavy (non-hydrogen) atoms. The summed E-state index contributed by atoms with van der Waals surface area (Å²) >= 11 is 0. The monoisotopic (exact) mass is 380 g/mol. The summed E-state index contributed by atoms with van der Waals surface area (Å²) in [6.07, 6.45) is -6.70. The van der Waals surface area contributed by atoms with E-state index in [0.29, 0.717) is 5.56 Å². The van der Waals surface area contributed by atoms with Crippen molar-refractivity contribution < 1.29 is 32.2 Å². The summed E-state index contributed by atoms with van der Waals surface area (Å²) in [5, 5.41) is 0. The van der Waals surface area contributed by atoms with E-state index in [9.17, 15) is 18.0 Å². The van der Waals surface area contributed by atoms with Gasteiger partial charge in [-0.05, 0) is 12.5 Å². The fourth-order valence-electron chi connectivity index (χ4n) is 3.07. The highest BCUT2D eigenvalue weighted by Crippen LogP contribution is 2.45. The minimum Gasteiger partial charge on any atom is -0.452 e. The van der Waals surface area contributed by atoms with Crippen molar-refractivity contribution in [1.29, 1.82) is 0 Å². The van der Waals surface area contributed by atoms with Crippen LogP contribution in [0, 0.1) is 0 Å². The molecular weight excluding hydrogens is 361 g/mol. The number of carbonyl (C=O) groups is 1. The van der Waals surface area contributed by atoms with E-state index < -0.39 is 30.0 Å². The highest BCUT2D eigenvalue weighted by atomic mass is 19.4. The number of hydrogen-bond acceptors (Lipinski definition) is 4. The predicted octanol–water partition coefficient (Wildman–Crippen LogP) is 4.16. The van der Waals surface area contributed by atoms with Gasteiger partial charge in [0, 0.05) is 12.7 Å². The molecular formula is C20H19F3O4. The summed E-state index contributed by atoms with van der Waals surface area (Å²) in [7, 11) is 0.843. The third-order valence-electron chi connectivity index (χ3n) is 4.59. The second-order valence-corrected chi connectivity index (χ2v) is 6.29. The van der Waals surface area contributed by atoms with Crippen LogP contribution in [0.5, 0.6) is 0 Å². The SMILES string of the molecule is CO[C@@](C(=O)OC(c1ccccc1)[C@@H]1O[C@H]1C)(c1ccccc1)C(F)(F)F. The van der Waals surface area contributed by atoms with Crippen molar-refractivity contribution in [2.24, 2.45) is 0 Å². The van der Waals surface area contributed by atoms with Crippen molar-refractivity contribution in [3.8, 4) is 0 Å². The summed E-state index contributed by atoms with van der Waals surface area (Å²) in [5.41, 5.74) is -3.01. The number of carbonyl (C=O) groups excluding carboxylic acids is 1. The van der Waals surface area contributed by atoms with Crippen LogP contribution in [0.1, 0.15) is 24.2 Å². The van der Waals surface area contributed by atoms with Crippen molar-refractivity contribution in [3.63, 3.8) is 0 Å². The molecule has 1 saturated heterocycles. The van der Waals surface area contributed by atoms with Crippen molar-refractivity contribution in [3.05, 3.63) is 71.8 Å². The number of halogens is 3. The number of alkyl halides is 3. The van der Waals surface area contributed by atoms with Crippen LogP contribution in [0.15, 0.2) is 60.7 Å². The number of benzene rings is 2. The van der Waals surface area contributed by atoms with Gasteiger partial charge in [0.2, 0.25) is 0 Å². The first-order chi connectivity index (χ1) is 12.8. The Kier molecular flexibility index (Phi) is 5.26. The zero-order valence-electron chi connectivity index (χ0n) is 14.8. The molecule has 4 nitrogen and oxygen atoms in total. The Morgan fingerprint density at radius 2 is 1.56 bits per heavy atom. The van der Waals surface area contributed by atoms with E-state index in [1.54, 1.807) is 43.3 Å².